The van der Waals surface area contributed by atoms with Gasteiger partial charge in [0.1, 0.15) is 5.75 Å². The lowest BCUT2D eigenvalue weighted by molar-refractivity contribution is -0.123. The second kappa shape index (κ2) is 7.98. The molecule has 0 aliphatic carbocycles. The maximum atomic E-state index is 11.9. The topological polar surface area (TPSA) is 66.5 Å². The van der Waals surface area contributed by atoms with Crippen LogP contribution in [0.1, 0.15) is 18.1 Å². The molecule has 2 aromatic carbocycles. The van der Waals surface area contributed by atoms with E-state index in [4.69, 9.17) is 4.74 Å². The number of halogens is 1. The van der Waals surface area contributed by atoms with Gasteiger partial charge in [0, 0.05) is 22.7 Å². The van der Waals surface area contributed by atoms with Gasteiger partial charge in [-0.05, 0) is 46.1 Å². The van der Waals surface area contributed by atoms with Crippen LogP contribution in [0, 0.1) is 0 Å². The molecule has 25 heavy (non-hydrogen) atoms. The number of benzene rings is 2. The number of hydrogen-bond donors (Lipinski definition) is 2. The molecule has 3 rings (SSSR count). The van der Waals surface area contributed by atoms with E-state index < -0.39 is 0 Å². The summed E-state index contributed by atoms with van der Waals surface area (Å²) in [5, 5.41) is 5.04. The molecule has 2 N–H and O–H groups in total. The van der Waals surface area contributed by atoms with Crippen molar-refractivity contribution in [3.05, 3.63) is 64.3 Å². The van der Waals surface area contributed by atoms with Crippen molar-refractivity contribution in [1.82, 2.24) is 10.4 Å². The van der Waals surface area contributed by atoms with E-state index in [1.807, 2.05) is 48.7 Å². The molecule has 5 nitrogen and oxygen atoms in total. The van der Waals surface area contributed by atoms with Crippen LogP contribution in [0.3, 0.4) is 0 Å². The zero-order valence-electron chi connectivity index (χ0n) is 13.8. The summed E-state index contributed by atoms with van der Waals surface area (Å²) in [7, 11) is 0. The number of carbonyl (C=O) groups excluding carboxylic acids is 1. The Kier molecular flexibility index (Phi) is 5.50. The van der Waals surface area contributed by atoms with Gasteiger partial charge in [-0.3, -0.25) is 4.79 Å². The van der Waals surface area contributed by atoms with Gasteiger partial charge in [-0.2, -0.15) is 5.10 Å². The van der Waals surface area contributed by atoms with Gasteiger partial charge in [0.15, 0.2) is 6.61 Å². The highest BCUT2D eigenvalue weighted by molar-refractivity contribution is 9.10. The zero-order valence-corrected chi connectivity index (χ0v) is 15.3. The van der Waals surface area contributed by atoms with Gasteiger partial charge in [-0.15, -0.1) is 0 Å². The van der Waals surface area contributed by atoms with Crippen molar-refractivity contribution in [2.75, 3.05) is 6.61 Å². The average molecular weight is 400 g/mol. The standard InChI is InChI=1S/C19H18BrN3O2/c1-2-13-7-8-18(16(20)9-13)25-12-19(24)23-22-11-14-10-21-17-6-4-3-5-15(14)17/h3-11,21H,2,12H2,1H3,(H,23,24). The van der Waals surface area contributed by atoms with Crippen molar-refractivity contribution in [1.29, 1.82) is 0 Å². The van der Waals surface area contributed by atoms with E-state index >= 15 is 0 Å². The second-order valence-corrected chi connectivity index (χ2v) is 6.34. The highest BCUT2D eigenvalue weighted by atomic mass is 79.9. The van der Waals surface area contributed by atoms with Gasteiger partial charge in [0.2, 0.25) is 0 Å². The van der Waals surface area contributed by atoms with Crippen molar-refractivity contribution >= 4 is 39.0 Å². The van der Waals surface area contributed by atoms with E-state index in [0.717, 1.165) is 27.4 Å². The lowest BCUT2D eigenvalue weighted by Crippen LogP contribution is -2.24. The largest absolute Gasteiger partial charge is 0.483 e. The monoisotopic (exact) mass is 399 g/mol. The van der Waals surface area contributed by atoms with Crippen LogP contribution in [0.4, 0.5) is 0 Å². The van der Waals surface area contributed by atoms with Crippen molar-refractivity contribution in [3.63, 3.8) is 0 Å². The summed E-state index contributed by atoms with van der Waals surface area (Å²) in [4.78, 5) is 15.0. The highest BCUT2D eigenvalue weighted by Gasteiger charge is 2.06. The molecule has 1 aromatic heterocycles. The van der Waals surface area contributed by atoms with Crippen LogP contribution in [0.15, 0.2) is 58.2 Å². The van der Waals surface area contributed by atoms with Crippen molar-refractivity contribution in [2.24, 2.45) is 5.10 Å². The number of hydrazone groups is 1. The molecule has 0 radical (unpaired) electrons. The molecule has 1 amide bonds. The Bertz CT molecular complexity index is 918. The Morgan fingerprint density at radius 1 is 1.32 bits per heavy atom. The smallest absolute Gasteiger partial charge is 0.277 e. The van der Waals surface area contributed by atoms with Crippen LogP contribution in [0.25, 0.3) is 10.9 Å². The maximum Gasteiger partial charge on any atom is 0.277 e. The molecule has 0 bridgehead atoms. The number of nitrogens with one attached hydrogen (secondary N) is 2. The Morgan fingerprint density at radius 3 is 2.96 bits per heavy atom. The molecule has 0 fully saturated rings. The molecule has 128 valence electrons. The van der Waals surface area contributed by atoms with Gasteiger partial charge in [-0.25, -0.2) is 5.43 Å². The number of para-hydroxylation sites is 1. The second-order valence-electron chi connectivity index (χ2n) is 5.49. The number of aryl methyl sites for hydroxylation is 1. The summed E-state index contributed by atoms with van der Waals surface area (Å²) in [5.41, 5.74) is 5.61. The number of hydrogen-bond acceptors (Lipinski definition) is 3. The molecule has 0 atom stereocenters. The van der Waals surface area contributed by atoms with Gasteiger partial charge in [0.25, 0.3) is 5.91 Å². The number of aromatic amines is 1. The first-order valence-electron chi connectivity index (χ1n) is 7.96. The van der Waals surface area contributed by atoms with Gasteiger partial charge in [-0.1, -0.05) is 31.2 Å². The molecule has 0 unspecified atom stereocenters. The van der Waals surface area contributed by atoms with E-state index in [0.29, 0.717) is 5.75 Å². The normalized spacial score (nSPS) is 11.1. The summed E-state index contributed by atoms with van der Waals surface area (Å²) in [6, 6.07) is 13.7. The first-order chi connectivity index (χ1) is 12.2. The number of fused-ring (bicyclic) bond motifs is 1. The molecular formula is C19H18BrN3O2. The Labute approximate surface area is 154 Å². The number of nitrogens with zero attached hydrogens (tertiary/aromatic N) is 1. The zero-order chi connectivity index (χ0) is 17.6. The Morgan fingerprint density at radius 2 is 2.16 bits per heavy atom. The van der Waals surface area contributed by atoms with Crippen molar-refractivity contribution in [2.45, 2.75) is 13.3 Å². The summed E-state index contributed by atoms with van der Waals surface area (Å²) in [5.74, 6) is 0.315. The number of amides is 1. The van der Waals surface area contributed by atoms with Gasteiger partial charge in [0.05, 0.1) is 10.7 Å². The molecule has 0 aliphatic rings. The van der Waals surface area contributed by atoms with Gasteiger partial charge < -0.3 is 9.72 Å². The minimum Gasteiger partial charge on any atom is -0.483 e. The van der Waals surface area contributed by atoms with E-state index in [1.165, 1.54) is 5.56 Å². The summed E-state index contributed by atoms with van der Waals surface area (Å²) >= 11 is 3.45. The Hall–Kier alpha value is -2.60. The third kappa shape index (κ3) is 4.28. The predicted octanol–water partition coefficient (Wildman–Crippen LogP) is 4.02. The predicted molar refractivity (Wildman–Crippen MR) is 103 cm³/mol. The maximum absolute atomic E-state index is 11.9. The van der Waals surface area contributed by atoms with E-state index in [-0.39, 0.29) is 12.5 Å². The number of H-pyrrole nitrogens is 1. The van der Waals surface area contributed by atoms with Crippen LogP contribution >= 0.6 is 15.9 Å². The van der Waals surface area contributed by atoms with Crippen LogP contribution in [-0.4, -0.2) is 23.7 Å². The molecule has 0 saturated carbocycles. The van der Waals surface area contributed by atoms with Crippen LogP contribution < -0.4 is 10.2 Å². The first kappa shape index (κ1) is 17.2. The van der Waals surface area contributed by atoms with E-state index in [2.05, 4.69) is 38.4 Å². The van der Waals surface area contributed by atoms with Crippen LogP contribution in [0.2, 0.25) is 0 Å². The van der Waals surface area contributed by atoms with Crippen molar-refractivity contribution < 1.29 is 9.53 Å². The first-order valence-corrected chi connectivity index (χ1v) is 8.76. The summed E-state index contributed by atoms with van der Waals surface area (Å²) in [6.07, 6.45) is 4.41. The number of rotatable bonds is 6. The average Bonchev–Trinajstić information content (AvgIpc) is 3.04. The van der Waals surface area contributed by atoms with Crippen LogP contribution in [-0.2, 0) is 11.2 Å². The number of aromatic nitrogens is 1. The quantitative estimate of drug-likeness (QED) is 0.485. The van der Waals surface area contributed by atoms with Crippen molar-refractivity contribution in [3.8, 4) is 5.75 Å². The molecular weight excluding hydrogens is 382 g/mol. The molecule has 0 saturated heterocycles. The molecule has 1 heterocycles. The lowest BCUT2D eigenvalue weighted by Gasteiger charge is -2.08. The van der Waals surface area contributed by atoms with E-state index in [9.17, 15) is 4.79 Å². The molecule has 6 heteroatoms. The fourth-order valence-electron chi connectivity index (χ4n) is 2.43. The molecule has 3 aromatic rings. The summed E-state index contributed by atoms with van der Waals surface area (Å²) in [6.45, 7) is 1.98. The molecule has 0 spiro atoms. The molecule has 0 aliphatic heterocycles. The highest BCUT2D eigenvalue weighted by Crippen LogP contribution is 2.26. The lowest BCUT2D eigenvalue weighted by atomic mass is 10.2. The SMILES string of the molecule is CCc1ccc(OCC(=O)NN=Cc2c[nH]c3ccccc23)c(Br)c1. The van der Waals surface area contributed by atoms with Gasteiger partial charge >= 0.3 is 0 Å². The third-order valence-corrected chi connectivity index (χ3v) is 4.40. The fraction of sp³-hybridized carbons (Fsp3) is 0.158. The Balaban J connectivity index is 1.54. The minimum absolute atomic E-state index is 0.102. The third-order valence-electron chi connectivity index (χ3n) is 3.78. The number of ether oxygens (including phenoxy) is 1. The van der Waals surface area contributed by atoms with E-state index in [1.54, 1.807) is 6.21 Å². The summed E-state index contributed by atoms with van der Waals surface area (Å²) < 4.78 is 6.35. The van der Waals surface area contributed by atoms with Crippen LogP contribution in [0.5, 0.6) is 5.75 Å². The fourth-order valence-corrected chi connectivity index (χ4v) is 2.97. The number of carbonyl (C=O) groups is 1. The minimum atomic E-state index is -0.317.